The van der Waals surface area contributed by atoms with Gasteiger partial charge in [-0.3, -0.25) is 20.4 Å². The molecule has 9 heteroatoms. The van der Waals surface area contributed by atoms with E-state index in [1.54, 1.807) is 24.3 Å². The molecule has 0 atom stereocenters. The molecular weight excluding hydrogens is 400 g/mol. The molecule has 0 spiro atoms. The Balaban J connectivity index is 1.76. The van der Waals surface area contributed by atoms with E-state index in [0.717, 1.165) is 23.1 Å². The number of nitrogens with zero attached hydrogens (tertiary/aromatic N) is 2. The van der Waals surface area contributed by atoms with E-state index in [2.05, 4.69) is 34.3 Å². The topological polar surface area (TPSA) is 85.2 Å². The van der Waals surface area contributed by atoms with Crippen molar-refractivity contribution < 1.29 is 14.3 Å². The van der Waals surface area contributed by atoms with Gasteiger partial charge in [-0.05, 0) is 44.0 Å². The van der Waals surface area contributed by atoms with Crippen molar-refractivity contribution in [3.63, 3.8) is 0 Å². The summed E-state index contributed by atoms with van der Waals surface area (Å²) in [5, 5.41) is 1.39. The first-order chi connectivity index (χ1) is 13.3. The summed E-state index contributed by atoms with van der Waals surface area (Å²) in [6.45, 7) is 8.88. The predicted octanol–water partition coefficient (Wildman–Crippen LogP) is 3.13. The molecule has 2 aromatic rings. The summed E-state index contributed by atoms with van der Waals surface area (Å²) < 4.78 is 7.43. The van der Waals surface area contributed by atoms with Gasteiger partial charge in [-0.1, -0.05) is 37.2 Å². The van der Waals surface area contributed by atoms with Gasteiger partial charge in [-0.15, -0.1) is 0 Å². The second-order valence-electron chi connectivity index (χ2n) is 6.70. The van der Waals surface area contributed by atoms with Crippen LogP contribution in [0.15, 0.2) is 29.4 Å². The Bertz CT molecular complexity index is 821. The lowest BCUT2D eigenvalue weighted by molar-refractivity contribution is -0.128. The summed E-state index contributed by atoms with van der Waals surface area (Å²) in [4.78, 5) is 28.3. The fourth-order valence-corrected chi connectivity index (χ4v) is 3.36. The number of imidazole rings is 1. The smallest absolute Gasteiger partial charge is 0.276 e. The zero-order valence-corrected chi connectivity index (χ0v) is 18.0. The number of hydrogen-bond acceptors (Lipinski definition) is 5. The highest BCUT2D eigenvalue weighted by Gasteiger charge is 2.14. The molecule has 28 heavy (non-hydrogen) atoms. The van der Waals surface area contributed by atoms with Crippen molar-refractivity contribution in [2.45, 2.75) is 39.4 Å². The number of benzene rings is 1. The predicted molar refractivity (Wildman–Crippen MR) is 110 cm³/mol. The van der Waals surface area contributed by atoms with Crippen LogP contribution in [0, 0.1) is 19.8 Å². The summed E-state index contributed by atoms with van der Waals surface area (Å²) >= 11 is 7.13. The Kier molecular flexibility index (Phi) is 8.19. The minimum Gasteiger partial charge on any atom is -0.484 e. The quantitative estimate of drug-likeness (QED) is 0.502. The number of hydrazine groups is 1. The van der Waals surface area contributed by atoms with Crippen molar-refractivity contribution in [1.82, 2.24) is 20.4 Å². The van der Waals surface area contributed by atoms with Crippen LogP contribution < -0.4 is 15.6 Å². The van der Waals surface area contributed by atoms with Crippen LogP contribution >= 0.6 is 23.4 Å². The van der Waals surface area contributed by atoms with Gasteiger partial charge in [0.2, 0.25) is 5.91 Å². The van der Waals surface area contributed by atoms with Gasteiger partial charge in [0.25, 0.3) is 5.91 Å². The summed E-state index contributed by atoms with van der Waals surface area (Å²) in [6.07, 6.45) is 0. The van der Waals surface area contributed by atoms with Gasteiger partial charge in [0, 0.05) is 17.3 Å². The highest BCUT2D eigenvalue weighted by molar-refractivity contribution is 7.99. The third kappa shape index (κ3) is 6.76. The van der Waals surface area contributed by atoms with E-state index in [1.807, 2.05) is 13.8 Å². The summed E-state index contributed by atoms with van der Waals surface area (Å²) in [5.74, 6) is 0.358. The van der Waals surface area contributed by atoms with Crippen LogP contribution in [0.3, 0.4) is 0 Å². The molecule has 2 N–H and O–H groups in total. The van der Waals surface area contributed by atoms with Gasteiger partial charge in [0.1, 0.15) is 5.75 Å². The van der Waals surface area contributed by atoms with Crippen LogP contribution in [0.1, 0.15) is 25.2 Å². The summed E-state index contributed by atoms with van der Waals surface area (Å²) in [5.41, 5.74) is 6.77. The number of rotatable bonds is 8. The van der Waals surface area contributed by atoms with Gasteiger partial charge in [0.05, 0.1) is 11.4 Å². The molecule has 0 saturated carbocycles. The molecule has 0 fully saturated rings. The third-order valence-electron chi connectivity index (χ3n) is 3.83. The molecule has 0 saturated heterocycles. The van der Waals surface area contributed by atoms with Crippen LogP contribution in [0.2, 0.25) is 5.02 Å². The van der Waals surface area contributed by atoms with E-state index in [1.165, 1.54) is 11.8 Å². The van der Waals surface area contributed by atoms with Crippen LogP contribution in [-0.2, 0) is 16.1 Å². The monoisotopic (exact) mass is 424 g/mol. The maximum Gasteiger partial charge on any atom is 0.276 e. The maximum atomic E-state index is 12.0. The van der Waals surface area contributed by atoms with Crippen molar-refractivity contribution in [3.8, 4) is 5.75 Å². The average Bonchev–Trinajstić information content (AvgIpc) is 2.91. The summed E-state index contributed by atoms with van der Waals surface area (Å²) in [7, 11) is 0. The molecule has 0 unspecified atom stereocenters. The fourth-order valence-electron chi connectivity index (χ4n) is 2.34. The highest BCUT2D eigenvalue weighted by atomic mass is 35.5. The Labute approximate surface area is 174 Å². The maximum absolute atomic E-state index is 12.0. The minimum absolute atomic E-state index is 0.145. The molecule has 0 bridgehead atoms. The number of halogens is 1. The minimum atomic E-state index is -0.457. The molecule has 2 amide bonds. The molecule has 1 aromatic carbocycles. The molecule has 1 aromatic heterocycles. The molecule has 0 radical (unpaired) electrons. The van der Waals surface area contributed by atoms with Crippen molar-refractivity contribution in [1.29, 1.82) is 0 Å². The zero-order chi connectivity index (χ0) is 20.7. The molecule has 0 aliphatic heterocycles. The second kappa shape index (κ2) is 10.4. The lowest BCUT2D eigenvalue weighted by Crippen LogP contribution is -2.44. The number of amides is 2. The van der Waals surface area contributed by atoms with Gasteiger partial charge < -0.3 is 9.30 Å². The molecular formula is C19H25ClN4O3S. The van der Waals surface area contributed by atoms with Gasteiger partial charge in [-0.25, -0.2) is 4.98 Å². The first-order valence-electron chi connectivity index (χ1n) is 8.88. The number of nitrogens with one attached hydrogen (secondary N) is 2. The SMILES string of the molecule is Cc1nc(SCC(=O)NNC(=O)COc2ccc(Cl)cc2)n(CC(C)C)c1C. The van der Waals surface area contributed by atoms with Crippen molar-refractivity contribution >= 4 is 35.2 Å². The highest BCUT2D eigenvalue weighted by Crippen LogP contribution is 2.22. The van der Waals surface area contributed by atoms with Gasteiger partial charge >= 0.3 is 0 Å². The molecule has 7 nitrogen and oxygen atoms in total. The van der Waals surface area contributed by atoms with E-state index in [4.69, 9.17) is 16.3 Å². The number of thioether (sulfide) groups is 1. The Hall–Kier alpha value is -2.19. The number of carbonyl (C=O) groups is 2. The first-order valence-corrected chi connectivity index (χ1v) is 10.2. The van der Waals surface area contributed by atoms with Crippen LogP contribution in [0.4, 0.5) is 0 Å². The normalized spacial score (nSPS) is 10.8. The Morgan fingerprint density at radius 1 is 1.18 bits per heavy atom. The molecule has 2 rings (SSSR count). The lowest BCUT2D eigenvalue weighted by Gasteiger charge is -2.12. The van der Waals surface area contributed by atoms with Crippen molar-refractivity contribution in [3.05, 3.63) is 40.7 Å². The van der Waals surface area contributed by atoms with Crippen LogP contribution in [-0.4, -0.2) is 33.7 Å². The third-order valence-corrected chi connectivity index (χ3v) is 5.06. The van der Waals surface area contributed by atoms with E-state index in [-0.39, 0.29) is 18.3 Å². The molecule has 0 aliphatic carbocycles. The van der Waals surface area contributed by atoms with E-state index < -0.39 is 5.91 Å². The first kappa shape index (κ1) is 22.1. The van der Waals surface area contributed by atoms with Crippen molar-refractivity contribution in [2.75, 3.05) is 12.4 Å². The second-order valence-corrected chi connectivity index (χ2v) is 8.08. The fraction of sp³-hybridized carbons (Fsp3) is 0.421. The van der Waals surface area contributed by atoms with E-state index >= 15 is 0 Å². The summed E-state index contributed by atoms with van der Waals surface area (Å²) in [6, 6.07) is 6.66. The van der Waals surface area contributed by atoms with Crippen LogP contribution in [0.25, 0.3) is 0 Å². The average molecular weight is 425 g/mol. The Morgan fingerprint density at radius 2 is 1.82 bits per heavy atom. The number of aromatic nitrogens is 2. The Morgan fingerprint density at radius 3 is 2.46 bits per heavy atom. The molecule has 152 valence electrons. The van der Waals surface area contributed by atoms with E-state index in [0.29, 0.717) is 16.7 Å². The van der Waals surface area contributed by atoms with Crippen LogP contribution in [0.5, 0.6) is 5.75 Å². The zero-order valence-electron chi connectivity index (χ0n) is 16.4. The number of hydrogen-bond donors (Lipinski definition) is 2. The van der Waals surface area contributed by atoms with Gasteiger partial charge in [-0.2, -0.15) is 0 Å². The largest absolute Gasteiger partial charge is 0.484 e. The standard InChI is InChI=1S/C19H25ClN4O3S/c1-12(2)9-24-14(4)13(3)21-19(24)28-11-18(26)23-22-17(25)10-27-16-7-5-15(20)6-8-16/h5-8,12H,9-11H2,1-4H3,(H,22,25)(H,23,26). The van der Waals surface area contributed by atoms with E-state index in [9.17, 15) is 9.59 Å². The number of aryl methyl sites for hydroxylation is 1. The van der Waals surface area contributed by atoms with Crippen molar-refractivity contribution in [2.24, 2.45) is 5.92 Å². The lowest BCUT2D eigenvalue weighted by atomic mass is 10.2. The molecule has 1 heterocycles. The van der Waals surface area contributed by atoms with Gasteiger partial charge in [0.15, 0.2) is 11.8 Å². The molecule has 0 aliphatic rings. The number of ether oxygens (including phenoxy) is 1. The number of carbonyl (C=O) groups excluding carboxylic acids is 2.